The maximum absolute atomic E-state index is 5.86. The molecule has 0 N–H and O–H groups in total. The van der Waals surface area contributed by atoms with E-state index in [2.05, 4.69) is 23.9 Å². The van der Waals surface area contributed by atoms with Crippen molar-refractivity contribution in [1.29, 1.82) is 0 Å². The molecule has 0 aliphatic carbocycles. The van der Waals surface area contributed by atoms with Gasteiger partial charge in [-0.15, -0.1) is 0 Å². The highest BCUT2D eigenvalue weighted by molar-refractivity contribution is 5.16. The Balaban J connectivity index is 1.94. The summed E-state index contributed by atoms with van der Waals surface area (Å²) in [5.41, 5.74) is 0. The third kappa shape index (κ3) is 2.48. The number of likely N-dealkylation sites (tertiary alicyclic amines) is 1. The normalized spacial score (nSPS) is 24.0. The van der Waals surface area contributed by atoms with Gasteiger partial charge in [0.1, 0.15) is 11.9 Å². The minimum atomic E-state index is 0.238. The van der Waals surface area contributed by atoms with E-state index in [9.17, 15) is 0 Å². The molecule has 0 aromatic carbocycles. The maximum atomic E-state index is 5.86. The summed E-state index contributed by atoms with van der Waals surface area (Å²) >= 11 is 0. The largest absolute Gasteiger partial charge is 0.487 e. The Hall–Kier alpha value is -1.09. The zero-order valence-electron chi connectivity index (χ0n) is 9.39. The minimum Gasteiger partial charge on any atom is -0.487 e. The van der Waals surface area contributed by atoms with Gasteiger partial charge in [0, 0.05) is 12.2 Å². The first-order chi connectivity index (χ1) is 7.27. The number of ether oxygens (including phenoxy) is 1. The van der Waals surface area contributed by atoms with Crippen molar-refractivity contribution in [2.24, 2.45) is 0 Å². The summed E-state index contributed by atoms with van der Waals surface area (Å²) in [5, 5.41) is 0. The molecule has 82 valence electrons. The van der Waals surface area contributed by atoms with Crippen molar-refractivity contribution >= 4 is 0 Å². The summed E-state index contributed by atoms with van der Waals surface area (Å²) in [6.45, 7) is 3.32. The Bertz CT molecular complexity index is 302. The van der Waals surface area contributed by atoms with Crippen LogP contribution in [0.5, 0.6) is 5.75 Å². The highest BCUT2D eigenvalue weighted by atomic mass is 16.5. The molecule has 1 aromatic rings. The Kier molecular flexibility index (Phi) is 3.21. The van der Waals surface area contributed by atoms with Crippen LogP contribution in [0.1, 0.15) is 19.8 Å². The van der Waals surface area contributed by atoms with Crippen molar-refractivity contribution < 1.29 is 4.74 Å². The van der Waals surface area contributed by atoms with Crippen LogP contribution in [0.2, 0.25) is 0 Å². The fourth-order valence-corrected chi connectivity index (χ4v) is 2.24. The van der Waals surface area contributed by atoms with Crippen molar-refractivity contribution in [2.45, 2.75) is 31.9 Å². The van der Waals surface area contributed by atoms with Gasteiger partial charge in [0.25, 0.3) is 0 Å². The molecule has 0 spiro atoms. The standard InChI is InChI=1S/C12H18N2O/c1-10(12-6-4-8-14(12)2)15-11-5-3-7-13-9-11/h3,5,7,9-10,12H,4,6,8H2,1-2H3/t10-,12-/m0/s1. The van der Waals surface area contributed by atoms with E-state index < -0.39 is 0 Å². The molecule has 0 unspecified atom stereocenters. The van der Waals surface area contributed by atoms with Crippen LogP contribution < -0.4 is 4.74 Å². The number of hydrogen-bond acceptors (Lipinski definition) is 3. The van der Waals surface area contributed by atoms with Gasteiger partial charge in [0.15, 0.2) is 0 Å². The molecule has 1 aliphatic rings. The molecule has 0 bridgehead atoms. The first-order valence-corrected chi connectivity index (χ1v) is 5.54. The van der Waals surface area contributed by atoms with Crippen LogP contribution in [0.4, 0.5) is 0 Å². The summed E-state index contributed by atoms with van der Waals surface area (Å²) in [5.74, 6) is 0.866. The molecule has 3 heteroatoms. The van der Waals surface area contributed by atoms with E-state index in [-0.39, 0.29) is 6.10 Å². The van der Waals surface area contributed by atoms with Gasteiger partial charge in [-0.05, 0) is 45.5 Å². The lowest BCUT2D eigenvalue weighted by atomic mass is 10.1. The monoisotopic (exact) mass is 206 g/mol. The Morgan fingerprint density at radius 3 is 3.07 bits per heavy atom. The zero-order chi connectivity index (χ0) is 10.7. The van der Waals surface area contributed by atoms with Crippen molar-refractivity contribution in [3.05, 3.63) is 24.5 Å². The van der Waals surface area contributed by atoms with E-state index in [4.69, 9.17) is 4.74 Å². The molecule has 1 aliphatic heterocycles. The molecule has 1 saturated heterocycles. The lowest BCUT2D eigenvalue weighted by Gasteiger charge is -2.26. The quantitative estimate of drug-likeness (QED) is 0.755. The number of pyridine rings is 1. The third-order valence-corrected chi connectivity index (χ3v) is 3.08. The summed E-state index contributed by atoms with van der Waals surface area (Å²) in [7, 11) is 2.17. The van der Waals surface area contributed by atoms with E-state index in [1.54, 1.807) is 12.4 Å². The molecule has 2 heterocycles. The lowest BCUT2D eigenvalue weighted by molar-refractivity contribution is 0.121. The second-order valence-corrected chi connectivity index (χ2v) is 4.20. The van der Waals surface area contributed by atoms with Gasteiger partial charge < -0.3 is 4.74 Å². The van der Waals surface area contributed by atoms with Crippen LogP contribution in [0.3, 0.4) is 0 Å². The van der Waals surface area contributed by atoms with Gasteiger partial charge in [-0.3, -0.25) is 9.88 Å². The topological polar surface area (TPSA) is 25.4 Å². The number of nitrogens with zero attached hydrogens (tertiary/aromatic N) is 2. The van der Waals surface area contributed by atoms with Gasteiger partial charge in [-0.25, -0.2) is 0 Å². The molecule has 2 rings (SSSR count). The van der Waals surface area contributed by atoms with E-state index in [1.807, 2.05) is 12.1 Å². The van der Waals surface area contributed by atoms with Crippen molar-refractivity contribution in [3.63, 3.8) is 0 Å². The highest BCUT2D eigenvalue weighted by Gasteiger charge is 2.27. The summed E-state index contributed by atoms with van der Waals surface area (Å²) < 4.78 is 5.86. The summed E-state index contributed by atoms with van der Waals surface area (Å²) in [6.07, 6.45) is 6.28. The van der Waals surface area contributed by atoms with E-state index >= 15 is 0 Å². The van der Waals surface area contributed by atoms with E-state index in [0.717, 1.165) is 5.75 Å². The third-order valence-electron chi connectivity index (χ3n) is 3.08. The van der Waals surface area contributed by atoms with Gasteiger partial charge in [0.2, 0.25) is 0 Å². The predicted octanol–water partition coefficient (Wildman–Crippen LogP) is 1.94. The number of likely N-dealkylation sites (N-methyl/N-ethyl adjacent to an activating group) is 1. The average molecular weight is 206 g/mol. The van der Waals surface area contributed by atoms with Crippen LogP contribution in [0.25, 0.3) is 0 Å². The first-order valence-electron chi connectivity index (χ1n) is 5.54. The van der Waals surface area contributed by atoms with Crippen molar-refractivity contribution in [3.8, 4) is 5.75 Å². The maximum Gasteiger partial charge on any atom is 0.138 e. The number of hydrogen-bond donors (Lipinski definition) is 0. The molecular formula is C12H18N2O. The molecule has 1 fully saturated rings. The zero-order valence-corrected chi connectivity index (χ0v) is 9.39. The number of rotatable bonds is 3. The lowest BCUT2D eigenvalue weighted by Crippen LogP contribution is -2.38. The SMILES string of the molecule is C[C@H](Oc1cccnc1)[C@@H]1CCCN1C. The van der Waals surface area contributed by atoms with Gasteiger partial charge >= 0.3 is 0 Å². The van der Waals surface area contributed by atoms with E-state index in [1.165, 1.54) is 19.4 Å². The molecule has 0 saturated carbocycles. The molecule has 3 nitrogen and oxygen atoms in total. The van der Waals surface area contributed by atoms with Crippen LogP contribution in [-0.4, -0.2) is 35.6 Å². The van der Waals surface area contributed by atoms with Crippen LogP contribution in [0, 0.1) is 0 Å². The van der Waals surface area contributed by atoms with Crippen molar-refractivity contribution in [1.82, 2.24) is 9.88 Å². The molecule has 0 amide bonds. The molecule has 15 heavy (non-hydrogen) atoms. The first kappa shape index (κ1) is 10.4. The molecule has 1 aromatic heterocycles. The van der Waals surface area contributed by atoms with Crippen LogP contribution >= 0.6 is 0 Å². The fourth-order valence-electron chi connectivity index (χ4n) is 2.24. The average Bonchev–Trinajstić information content (AvgIpc) is 2.66. The molecule has 2 atom stereocenters. The Morgan fingerprint density at radius 1 is 1.60 bits per heavy atom. The second-order valence-electron chi connectivity index (χ2n) is 4.20. The second kappa shape index (κ2) is 4.62. The van der Waals surface area contributed by atoms with Crippen LogP contribution in [-0.2, 0) is 0 Å². The summed E-state index contributed by atoms with van der Waals surface area (Å²) in [6, 6.07) is 4.41. The Morgan fingerprint density at radius 2 is 2.47 bits per heavy atom. The van der Waals surface area contributed by atoms with Gasteiger partial charge in [-0.1, -0.05) is 0 Å². The molecular weight excluding hydrogens is 188 g/mol. The van der Waals surface area contributed by atoms with Gasteiger partial charge in [-0.2, -0.15) is 0 Å². The minimum absolute atomic E-state index is 0.238. The predicted molar refractivity (Wildman–Crippen MR) is 60.0 cm³/mol. The fraction of sp³-hybridized carbons (Fsp3) is 0.583. The highest BCUT2D eigenvalue weighted by Crippen LogP contribution is 2.21. The smallest absolute Gasteiger partial charge is 0.138 e. The van der Waals surface area contributed by atoms with Gasteiger partial charge in [0.05, 0.1) is 6.20 Å². The van der Waals surface area contributed by atoms with E-state index in [0.29, 0.717) is 6.04 Å². The van der Waals surface area contributed by atoms with Crippen molar-refractivity contribution in [2.75, 3.05) is 13.6 Å². The summed E-state index contributed by atoms with van der Waals surface area (Å²) in [4.78, 5) is 6.42. The Labute approximate surface area is 91.1 Å². The number of aromatic nitrogens is 1. The molecule has 0 radical (unpaired) electrons. The van der Waals surface area contributed by atoms with Crippen LogP contribution in [0.15, 0.2) is 24.5 Å².